The molecule has 0 aliphatic heterocycles. The summed E-state index contributed by atoms with van der Waals surface area (Å²) >= 11 is 0. The SMILES string of the molecule is FC(F)COCCc1nc2c([nH]1)CC(C(F)(F)F)CC2. The number of nitrogens with one attached hydrogen (secondary N) is 1. The maximum absolute atomic E-state index is 12.6. The third-order valence-electron chi connectivity index (χ3n) is 3.28. The van der Waals surface area contributed by atoms with Crippen LogP contribution in [-0.2, 0) is 24.0 Å². The zero-order valence-electron chi connectivity index (χ0n) is 10.6. The standard InChI is InChI=1S/C12H15F5N2O/c13-10(14)6-20-4-3-11-18-8-2-1-7(12(15,16)17)5-9(8)19-11/h7,10H,1-6H2,(H,18,19). The van der Waals surface area contributed by atoms with Gasteiger partial charge in [0.1, 0.15) is 12.4 Å². The molecule has 1 aliphatic carbocycles. The molecule has 1 atom stereocenters. The number of rotatable bonds is 5. The second-order valence-corrected chi connectivity index (χ2v) is 4.81. The van der Waals surface area contributed by atoms with Crippen molar-refractivity contribution in [3.05, 3.63) is 17.2 Å². The summed E-state index contributed by atoms with van der Waals surface area (Å²) < 4.78 is 66.3. The molecule has 0 bridgehead atoms. The van der Waals surface area contributed by atoms with Crippen molar-refractivity contribution in [3.8, 4) is 0 Å². The summed E-state index contributed by atoms with van der Waals surface area (Å²) in [6.07, 6.45) is -6.19. The molecule has 1 heterocycles. The van der Waals surface area contributed by atoms with Crippen LogP contribution in [0.25, 0.3) is 0 Å². The largest absolute Gasteiger partial charge is 0.392 e. The number of aryl methyl sites for hydroxylation is 1. The highest BCUT2D eigenvalue weighted by atomic mass is 19.4. The van der Waals surface area contributed by atoms with Gasteiger partial charge < -0.3 is 9.72 Å². The van der Waals surface area contributed by atoms with Gasteiger partial charge in [0.05, 0.1) is 18.2 Å². The third kappa shape index (κ3) is 3.91. The zero-order valence-corrected chi connectivity index (χ0v) is 10.6. The molecule has 1 aliphatic rings. The summed E-state index contributed by atoms with van der Waals surface area (Å²) in [5.74, 6) is -0.842. The molecule has 0 radical (unpaired) electrons. The Kier molecular flexibility index (Phi) is 4.62. The minimum atomic E-state index is -4.19. The van der Waals surface area contributed by atoms with E-state index in [1.165, 1.54) is 0 Å². The van der Waals surface area contributed by atoms with Crippen molar-refractivity contribution in [2.24, 2.45) is 5.92 Å². The average Bonchev–Trinajstić information content (AvgIpc) is 2.74. The van der Waals surface area contributed by atoms with Gasteiger partial charge in [0.2, 0.25) is 0 Å². The molecule has 0 spiro atoms. The molecule has 1 aromatic rings. The fourth-order valence-electron chi connectivity index (χ4n) is 2.28. The van der Waals surface area contributed by atoms with Gasteiger partial charge in [0.25, 0.3) is 6.43 Å². The average molecular weight is 298 g/mol. The molecular weight excluding hydrogens is 283 g/mol. The van der Waals surface area contributed by atoms with Crippen LogP contribution in [0.4, 0.5) is 22.0 Å². The number of ether oxygens (including phenoxy) is 1. The van der Waals surface area contributed by atoms with Gasteiger partial charge in [-0.25, -0.2) is 13.8 Å². The van der Waals surface area contributed by atoms with Crippen molar-refractivity contribution in [3.63, 3.8) is 0 Å². The van der Waals surface area contributed by atoms with Crippen LogP contribution in [0.2, 0.25) is 0 Å². The van der Waals surface area contributed by atoms with Crippen molar-refractivity contribution in [1.82, 2.24) is 9.97 Å². The number of hydrogen-bond donors (Lipinski definition) is 1. The highest BCUT2D eigenvalue weighted by molar-refractivity contribution is 5.19. The van der Waals surface area contributed by atoms with Crippen molar-refractivity contribution >= 4 is 0 Å². The molecule has 0 saturated heterocycles. The second kappa shape index (κ2) is 6.07. The molecule has 0 amide bonds. The minimum Gasteiger partial charge on any atom is -0.375 e. The van der Waals surface area contributed by atoms with Crippen molar-refractivity contribution < 1.29 is 26.7 Å². The van der Waals surface area contributed by atoms with Crippen LogP contribution in [0.1, 0.15) is 23.6 Å². The summed E-state index contributed by atoms with van der Waals surface area (Å²) in [5.41, 5.74) is 1.15. The first-order valence-electron chi connectivity index (χ1n) is 6.35. The first-order valence-corrected chi connectivity index (χ1v) is 6.35. The highest BCUT2D eigenvalue weighted by Crippen LogP contribution is 2.36. The van der Waals surface area contributed by atoms with Crippen molar-refractivity contribution in [2.75, 3.05) is 13.2 Å². The Hall–Kier alpha value is -1.18. The molecule has 20 heavy (non-hydrogen) atoms. The summed E-state index contributed by atoms with van der Waals surface area (Å²) in [6, 6.07) is 0. The van der Waals surface area contributed by atoms with Crippen LogP contribution in [0, 0.1) is 5.92 Å². The normalized spacial score (nSPS) is 19.4. The molecule has 0 fully saturated rings. The number of halogens is 5. The summed E-state index contributed by atoms with van der Waals surface area (Å²) in [7, 11) is 0. The van der Waals surface area contributed by atoms with Crippen LogP contribution >= 0.6 is 0 Å². The summed E-state index contributed by atoms with van der Waals surface area (Å²) in [4.78, 5) is 7.04. The number of nitrogens with zero attached hydrogens (tertiary/aromatic N) is 1. The Balaban J connectivity index is 1.89. The van der Waals surface area contributed by atoms with Gasteiger partial charge in [-0.2, -0.15) is 13.2 Å². The maximum atomic E-state index is 12.6. The van der Waals surface area contributed by atoms with Gasteiger partial charge in [0, 0.05) is 18.5 Å². The lowest BCUT2D eigenvalue weighted by Gasteiger charge is -2.23. The molecule has 1 unspecified atom stereocenters. The summed E-state index contributed by atoms with van der Waals surface area (Å²) in [6.45, 7) is -0.573. The van der Waals surface area contributed by atoms with E-state index < -0.39 is 25.1 Å². The summed E-state index contributed by atoms with van der Waals surface area (Å²) in [5, 5.41) is 0. The van der Waals surface area contributed by atoms with Gasteiger partial charge in [-0.05, 0) is 12.8 Å². The van der Waals surface area contributed by atoms with Crippen molar-refractivity contribution in [1.29, 1.82) is 0 Å². The van der Waals surface area contributed by atoms with E-state index >= 15 is 0 Å². The molecule has 3 nitrogen and oxygen atoms in total. The fourth-order valence-corrected chi connectivity index (χ4v) is 2.28. The lowest BCUT2D eigenvalue weighted by molar-refractivity contribution is -0.177. The molecule has 0 saturated carbocycles. The smallest absolute Gasteiger partial charge is 0.375 e. The monoisotopic (exact) mass is 298 g/mol. The Morgan fingerprint density at radius 2 is 2.10 bits per heavy atom. The van der Waals surface area contributed by atoms with Crippen molar-refractivity contribution in [2.45, 2.75) is 38.3 Å². The van der Waals surface area contributed by atoms with Crippen LogP contribution < -0.4 is 0 Å². The predicted molar refractivity (Wildman–Crippen MR) is 60.7 cm³/mol. The Morgan fingerprint density at radius 3 is 2.75 bits per heavy atom. The van der Waals surface area contributed by atoms with Gasteiger partial charge in [-0.15, -0.1) is 0 Å². The highest BCUT2D eigenvalue weighted by Gasteiger charge is 2.41. The number of aromatic nitrogens is 2. The van der Waals surface area contributed by atoms with E-state index in [-0.39, 0.29) is 32.3 Å². The van der Waals surface area contributed by atoms with E-state index in [9.17, 15) is 22.0 Å². The number of fused-ring (bicyclic) bond motifs is 1. The Morgan fingerprint density at radius 1 is 1.35 bits per heavy atom. The molecule has 2 rings (SSSR count). The molecule has 1 aromatic heterocycles. The number of hydrogen-bond acceptors (Lipinski definition) is 2. The number of aromatic amines is 1. The lowest BCUT2D eigenvalue weighted by atomic mass is 9.89. The quantitative estimate of drug-likeness (QED) is 0.670. The first-order chi connectivity index (χ1) is 9.36. The second-order valence-electron chi connectivity index (χ2n) is 4.81. The Bertz CT molecular complexity index is 444. The van der Waals surface area contributed by atoms with Crippen LogP contribution in [0.5, 0.6) is 0 Å². The van der Waals surface area contributed by atoms with Gasteiger partial charge in [-0.1, -0.05) is 0 Å². The van der Waals surface area contributed by atoms with Gasteiger partial charge >= 0.3 is 6.18 Å². The zero-order chi connectivity index (χ0) is 14.8. The van der Waals surface area contributed by atoms with Crippen LogP contribution in [0.3, 0.4) is 0 Å². The van der Waals surface area contributed by atoms with E-state index in [0.29, 0.717) is 17.2 Å². The third-order valence-corrected chi connectivity index (χ3v) is 3.28. The Labute approximate surface area is 112 Å². The fraction of sp³-hybridized carbons (Fsp3) is 0.750. The topological polar surface area (TPSA) is 37.9 Å². The minimum absolute atomic E-state index is 0.0443. The van der Waals surface area contributed by atoms with E-state index in [0.717, 1.165) is 0 Å². The van der Waals surface area contributed by atoms with E-state index in [2.05, 4.69) is 9.97 Å². The predicted octanol–water partition coefficient (Wildman–Crippen LogP) is 2.90. The number of alkyl halides is 5. The molecule has 1 N–H and O–H groups in total. The van der Waals surface area contributed by atoms with Gasteiger partial charge in [0.15, 0.2) is 0 Å². The van der Waals surface area contributed by atoms with Crippen LogP contribution in [0.15, 0.2) is 0 Å². The lowest BCUT2D eigenvalue weighted by Crippen LogP contribution is -2.28. The first kappa shape index (κ1) is 15.2. The van der Waals surface area contributed by atoms with E-state index in [4.69, 9.17) is 4.74 Å². The molecule has 114 valence electrons. The number of imidazole rings is 1. The molecule has 0 aromatic carbocycles. The van der Waals surface area contributed by atoms with E-state index in [1.807, 2.05) is 0 Å². The maximum Gasteiger partial charge on any atom is 0.392 e. The molecular formula is C12H15F5N2O. The van der Waals surface area contributed by atoms with Gasteiger partial charge in [-0.3, -0.25) is 0 Å². The van der Waals surface area contributed by atoms with Crippen LogP contribution in [-0.4, -0.2) is 35.8 Å². The van der Waals surface area contributed by atoms with E-state index in [1.54, 1.807) is 0 Å². The molecule has 8 heteroatoms. The number of H-pyrrole nitrogens is 1.